The van der Waals surface area contributed by atoms with E-state index in [1.54, 1.807) is 0 Å². The van der Waals surface area contributed by atoms with Gasteiger partial charge in [0.05, 0.1) is 19.8 Å². The highest BCUT2D eigenvalue weighted by Gasteiger charge is 2.47. The molecule has 0 aromatic carbocycles. The summed E-state index contributed by atoms with van der Waals surface area (Å²) in [5.41, 5.74) is 0. The van der Waals surface area contributed by atoms with Crippen molar-refractivity contribution < 1.29 is 73.8 Å². The van der Waals surface area contributed by atoms with Gasteiger partial charge in [0.15, 0.2) is 18.7 Å². The molecular formula is C45H82O15. The zero-order valence-electron chi connectivity index (χ0n) is 36.7. The highest BCUT2D eigenvalue weighted by atomic mass is 16.7. The molecule has 7 N–H and O–H groups in total. The van der Waals surface area contributed by atoms with Crippen molar-refractivity contribution in [1.82, 2.24) is 0 Å². The first-order valence-corrected chi connectivity index (χ1v) is 23.3. The van der Waals surface area contributed by atoms with Crippen molar-refractivity contribution in [1.29, 1.82) is 0 Å². The summed E-state index contributed by atoms with van der Waals surface area (Å²) in [7, 11) is 0. The van der Waals surface area contributed by atoms with E-state index in [9.17, 15) is 45.3 Å². The Labute approximate surface area is 359 Å². The largest absolute Gasteiger partial charge is 0.462 e. The smallest absolute Gasteiger partial charge is 0.306 e. The summed E-state index contributed by atoms with van der Waals surface area (Å²) in [5, 5.41) is 71.8. The van der Waals surface area contributed by atoms with Gasteiger partial charge >= 0.3 is 11.9 Å². The molecule has 2 saturated heterocycles. The fourth-order valence-corrected chi connectivity index (χ4v) is 7.33. The Morgan fingerprint density at radius 2 is 0.950 bits per heavy atom. The van der Waals surface area contributed by atoms with Gasteiger partial charge in [0.25, 0.3) is 0 Å². The SMILES string of the molecule is CCCCCC/C=C\CCCCCCCC(=O)OC(COC(=O)CCCCCCCCCCCCC)CO[C@@H]1OC(CO[C@H]2OC(CO)[C@H](O)[C@@H](O)C2O)[C@H](O)[C@@H](O)C1O. The Morgan fingerprint density at radius 3 is 1.48 bits per heavy atom. The Bertz CT molecular complexity index is 1110. The molecule has 0 amide bonds. The van der Waals surface area contributed by atoms with Crippen molar-refractivity contribution in [3.8, 4) is 0 Å². The lowest BCUT2D eigenvalue weighted by Crippen LogP contribution is -2.61. The Hall–Kier alpha value is -1.76. The van der Waals surface area contributed by atoms with E-state index < -0.39 is 92.7 Å². The third-order valence-electron chi connectivity index (χ3n) is 11.2. The first-order valence-electron chi connectivity index (χ1n) is 23.3. The van der Waals surface area contributed by atoms with E-state index in [4.69, 9.17) is 28.4 Å². The Balaban J connectivity index is 1.86. The lowest BCUT2D eigenvalue weighted by atomic mass is 9.98. The molecule has 0 bridgehead atoms. The summed E-state index contributed by atoms with van der Waals surface area (Å²) in [5.74, 6) is -0.932. The summed E-state index contributed by atoms with van der Waals surface area (Å²) in [6, 6.07) is 0. The number of unbranched alkanes of at least 4 members (excludes halogenated alkanes) is 19. The lowest BCUT2D eigenvalue weighted by molar-refractivity contribution is -0.332. The predicted octanol–water partition coefficient (Wildman–Crippen LogP) is 5.04. The minimum atomic E-state index is -1.76. The summed E-state index contributed by atoms with van der Waals surface area (Å²) in [6.07, 6.45) is 12.5. The fourth-order valence-electron chi connectivity index (χ4n) is 7.33. The number of aliphatic hydroxyl groups excluding tert-OH is 7. The maximum absolute atomic E-state index is 12.9. The van der Waals surface area contributed by atoms with Crippen molar-refractivity contribution in [2.75, 3.05) is 26.4 Å². The topological polar surface area (TPSA) is 231 Å². The van der Waals surface area contributed by atoms with Crippen molar-refractivity contribution in [2.45, 2.75) is 235 Å². The molecular weight excluding hydrogens is 780 g/mol. The molecule has 60 heavy (non-hydrogen) atoms. The number of ether oxygens (including phenoxy) is 6. The summed E-state index contributed by atoms with van der Waals surface area (Å²) < 4.78 is 33.4. The molecule has 0 aromatic rings. The lowest BCUT2D eigenvalue weighted by Gasteiger charge is -2.42. The van der Waals surface area contributed by atoms with Crippen LogP contribution in [-0.4, -0.2) is 142 Å². The van der Waals surface area contributed by atoms with E-state index in [1.165, 1.54) is 70.6 Å². The molecule has 0 saturated carbocycles. The van der Waals surface area contributed by atoms with E-state index in [1.807, 2.05) is 0 Å². The van der Waals surface area contributed by atoms with Crippen molar-refractivity contribution in [3.63, 3.8) is 0 Å². The minimum Gasteiger partial charge on any atom is -0.462 e. The van der Waals surface area contributed by atoms with Crippen LogP contribution in [-0.2, 0) is 38.0 Å². The minimum absolute atomic E-state index is 0.158. The van der Waals surface area contributed by atoms with E-state index in [2.05, 4.69) is 26.0 Å². The first kappa shape index (κ1) is 54.4. The Kier molecular flexibility index (Phi) is 30.6. The fraction of sp³-hybridized carbons (Fsp3) is 0.911. The Morgan fingerprint density at radius 1 is 0.517 bits per heavy atom. The number of aliphatic hydroxyl groups is 7. The van der Waals surface area contributed by atoms with Gasteiger partial charge in [-0.3, -0.25) is 9.59 Å². The van der Waals surface area contributed by atoms with Crippen LogP contribution < -0.4 is 0 Å². The summed E-state index contributed by atoms with van der Waals surface area (Å²) in [4.78, 5) is 25.6. The molecule has 11 atom stereocenters. The third-order valence-corrected chi connectivity index (χ3v) is 11.2. The molecule has 15 heteroatoms. The van der Waals surface area contributed by atoms with Crippen LogP contribution in [0.1, 0.15) is 168 Å². The van der Waals surface area contributed by atoms with Crippen LogP contribution in [0, 0.1) is 0 Å². The van der Waals surface area contributed by atoms with Gasteiger partial charge in [0, 0.05) is 12.8 Å². The normalized spacial score (nSPS) is 27.6. The average Bonchev–Trinajstić information content (AvgIpc) is 3.24. The predicted molar refractivity (Wildman–Crippen MR) is 224 cm³/mol. The van der Waals surface area contributed by atoms with Gasteiger partial charge in [-0.2, -0.15) is 0 Å². The second-order valence-corrected chi connectivity index (χ2v) is 16.6. The van der Waals surface area contributed by atoms with Gasteiger partial charge in [0.1, 0.15) is 55.4 Å². The number of esters is 2. The number of hydrogen-bond acceptors (Lipinski definition) is 15. The quantitative estimate of drug-likeness (QED) is 0.0252. The van der Waals surface area contributed by atoms with E-state index in [0.717, 1.165) is 57.8 Å². The monoisotopic (exact) mass is 863 g/mol. The van der Waals surface area contributed by atoms with Crippen LogP contribution in [0.4, 0.5) is 0 Å². The van der Waals surface area contributed by atoms with Gasteiger partial charge in [-0.15, -0.1) is 0 Å². The second kappa shape index (κ2) is 33.8. The van der Waals surface area contributed by atoms with Gasteiger partial charge in [-0.1, -0.05) is 129 Å². The molecule has 2 fully saturated rings. The number of allylic oxidation sites excluding steroid dienone is 2. The van der Waals surface area contributed by atoms with Crippen LogP contribution in [0.2, 0.25) is 0 Å². The van der Waals surface area contributed by atoms with Crippen LogP contribution in [0.5, 0.6) is 0 Å². The third kappa shape index (κ3) is 22.5. The number of hydrogen-bond donors (Lipinski definition) is 7. The number of carbonyl (C=O) groups is 2. The number of rotatable bonds is 35. The second-order valence-electron chi connectivity index (χ2n) is 16.6. The molecule has 0 aliphatic carbocycles. The van der Waals surface area contributed by atoms with Gasteiger partial charge in [-0.25, -0.2) is 0 Å². The molecule has 2 heterocycles. The molecule has 2 rings (SSSR count). The molecule has 0 aromatic heterocycles. The summed E-state index contributed by atoms with van der Waals surface area (Å²) >= 11 is 0. The molecule has 0 radical (unpaired) electrons. The van der Waals surface area contributed by atoms with Crippen molar-refractivity contribution >= 4 is 11.9 Å². The highest BCUT2D eigenvalue weighted by molar-refractivity contribution is 5.70. The van der Waals surface area contributed by atoms with Crippen molar-refractivity contribution in [3.05, 3.63) is 12.2 Å². The van der Waals surface area contributed by atoms with E-state index in [0.29, 0.717) is 12.8 Å². The van der Waals surface area contributed by atoms with Gasteiger partial charge < -0.3 is 64.2 Å². The number of carbonyl (C=O) groups excluding carboxylic acids is 2. The van der Waals surface area contributed by atoms with Crippen LogP contribution in [0.3, 0.4) is 0 Å². The highest BCUT2D eigenvalue weighted by Crippen LogP contribution is 2.26. The maximum atomic E-state index is 12.9. The zero-order valence-corrected chi connectivity index (χ0v) is 36.7. The van der Waals surface area contributed by atoms with Crippen molar-refractivity contribution in [2.24, 2.45) is 0 Å². The van der Waals surface area contributed by atoms with Crippen LogP contribution in [0.15, 0.2) is 12.2 Å². The molecule has 2 aliphatic rings. The average molecular weight is 863 g/mol. The summed E-state index contributed by atoms with van der Waals surface area (Å²) in [6.45, 7) is 2.54. The standard InChI is InChI=1S/C45H82O15/c1-3-5-7-9-11-13-15-16-18-20-22-24-26-28-37(48)58-33(30-55-36(47)27-25-23-21-19-17-14-12-10-8-6-4-2)31-56-44-43(54)41(52)39(50)35(60-44)32-57-45-42(53)40(51)38(49)34(29-46)59-45/h13,15,33-35,38-46,49-54H,3-12,14,16-32H2,1-2H3/b15-13-/t33?,34?,35?,38-,39-,40+,41+,42?,43?,44+,45-/m0/s1. The van der Waals surface area contributed by atoms with Gasteiger partial charge in [0.2, 0.25) is 0 Å². The van der Waals surface area contributed by atoms with Gasteiger partial charge in [-0.05, 0) is 38.5 Å². The molecule has 5 unspecified atom stereocenters. The van der Waals surface area contributed by atoms with Crippen LogP contribution in [0.25, 0.3) is 0 Å². The molecule has 15 nitrogen and oxygen atoms in total. The molecule has 2 aliphatic heterocycles. The van der Waals surface area contributed by atoms with E-state index >= 15 is 0 Å². The first-order chi connectivity index (χ1) is 29.0. The molecule has 0 spiro atoms. The molecule has 352 valence electrons. The zero-order chi connectivity index (χ0) is 44.0. The maximum Gasteiger partial charge on any atom is 0.306 e. The van der Waals surface area contributed by atoms with Crippen LogP contribution >= 0.6 is 0 Å². The van der Waals surface area contributed by atoms with E-state index in [-0.39, 0.29) is 26.1 Å².